The lowest BCUT2D eigenvalue weighted by molar-refractivity contribution is -0.149. The molecule has 144 valence electrons. The second-order valence-corrected chi connectivity index (χ2v) is 6.75. The first-order valence-corrected chi connectivity index (χ1v) is 8.00. The quantitative estimate of drug-likeness (QED) is 0.242. The van der Waals surface area contributed by atoms with Gasteiger partial charge in [0.05, 0.1) is 21.3 Å². The third-order valence-corrected chi connectivity index (χ3v) is 3.18. The first-order chi connectivity index (χ1) is 12.0. The average Bonchev–Trinajstić information content (AvgIpc) is 2.55. The number of esters is 1. The summed E-state index contributed by atoms with van der Waals surface area (Å²) in [4.78, 5) is 27.1. The Hall–Kier alpha value is -2.70. The van der Waals surface area contributed by atoms with Crippen LogP contribution in [0.3, 0.4) is 0 Å². The number of rotatable bonds is 7. The zero-order valence-electron chi connectivity index (χ0n) is 16.6. The summed E-state index contributed by atoms with van der Waals surface area (Å²) >= 11 is 0. The molecular formula is C19H27NO6. The Bertz CT molecular complexity index is 675. The molecule has 0 saturated heterocycles. The van der Waals surface area contributed by atoms with Gasteiger partial charge in [-0.3, -0.25) is 4.79 Å². The topological polar surface area (TPSA) is 74.3 Å². The number of carbonyl (C=O) groups is 2. The van der Waals surface area contributed by atoms with E-state index in [2.05, 4.69) is 0 Å². The highest BCUT2D eigenvalue weighted by Gasteiger charge is 2.28. The summed E-state index contributed by atoms with van der Waals surface area (Å²) in [5.41, 5.74) is -0.601. The number of nitrogens with zero attached hydrogens (tertiary/aromatic N) is 1. The minimum atomic E-state index is -0.724. The molecule has 0 aromatic heterocycles. The van der Waals surface area contributed by atoms with Crippen LogP contribution in [-0.4, -0.2) is 57.7 Å². The van der Waals surface area contributed by atoms with Gasteiger partial charge in [0, 0.05) is 25.9 Å². The SMILES string of the molecule is COc1cc(C(=O)C(=CN(C)C)C(=O)OC(C)(C)C)cc(OC)c1OC. The van der Waals surface area contributed by atoms with E-state index in [0.717, 1.165) is 0 Å². The zero-order valence-corrected chi connectivity index (χ0v) is 16.6. The van der Waals surface area contributed by atoms with E-state index in [-0.39, 0.29) is 11.1 Å². The van der Waals surface area contributed by atoms with Crippen LogP contribution in [0.15, 0.2) is 23.9 Å². The minimum absolute atomic E-state index is 0.0980. The highest BCUT2D eigenvalue weighted by molar-refractivity contribution is 6.24. The number of ketones is 1. The molecule has 7 heteroatoms. The number of ether oxygens (including phenoxy) is 4. The molecule has 7 nitrogen and oxygen atoms in total. The lowest BCUT2D eigenvalue weighted by atomic mass is 10.0. The number of methoxy groups -OCH3 is 3. The van der Waals surface area contributed by atoms with E-state index in [0.29, 0.717) is 17.2 Å². The summed E-state index contributed by atoms with van der Waals surface area (Å²) in [5.74, 6) is -0.203. The zero-order chi connectivity index (χ0) is 20.1. The fraction of sp³-hybridized carbons (Fsp3) is 0.474. The third-order valence-electron chi connectivity index (χ3n) is 3.18. The van der Waals surface area contributed by atoms with Crippen molar-refractivity contribution >= 4 is 11.8 Å². The van der Waals surface area contributed by atoms with Crippen LogP contribution in [0.1, 0.15) is 31.1 Å². The molecule has 1 aromatic carbocycles. The number of benzene rings is 1. The van der Waals surface area contributed by atoms with E-state index in [4.69, 9.17) is 18.9 Å². The maximum atomic E-state index is 13.0. The van der Waals surface area contributed by atoms with Gasteiger partial charge in [-0.15, -0.1) is 0 Å². The molecule has 0 amide bonds. The Labute approximate surface area is 154 Å². The van der Waals surface area contributed by atoms with Crippen molar-refractivity contribution in [3.05, 3.63) is 29.5 Å². The predicted octanol–water partition coefficient (Wildman–Crippen LogP) is 2.68. The molecule has 0 atom stereocenters. The summed E-state index contributed by atoms with van der Waals surface area (Å²) in [6.45, 7) is 5.21. The molecule has 0 radical (unpaired) electrons. The smallest absolute Gasteiger partial charge is 0.344 e. The van der Waals surface area contributed by atoms with Crippen LogP contribution >= 0.6 is 0 Å². The fourth-order valence-electron chi connectivity index (χ4n) is 2.16. The van der Waals surface area contributed by atoms with Gasteiger partial charge in [0.25, 0.3) is 0 Å². The standard InChI is InChI=1S/C19H27NO6/c1-19(2,3)26-18(22)13(11-20(4)5)16(21)12-9-14(23-6)17(25-8)15(10-12)24-7/h9-11H,1-8H3. The van der Waals surface area contributed by atoms with E-state index in [1.807, 2.05) is 0 Å². The van der Waals surface area contributed by atoms with Gasteiger partial charge in [0.2, 0.25) is 11.5 Å². The van der Waals surface area contributed by atoms with Crippen molar-refractivity contribution in [2.75, 3.05) is 35.4 Å². The Morgan fingerprint density at radius 1 is 0.962 bits per heavy atom. The van der Waals surface area contributed by atoms with E-state index in [9.17, 15) is 9.59 Å². The van der Waals surface area contributed by atoms with Gasteiger partial charge in [-0.05, 0) is 32.9 Å². The fourth-order valence-corrected chi connectivity index (χ4v) is 2.16. The van der Waals surface area contributed by atoms with Gasteiger partial charge < -0.3 is 23.8 Å². The van der Waals surface area contributed by atoms with Crippen LogP contribution in [0.5, 0.6) is 17.2 Å². The number of carbonyl (C=O) groups excluding carboxylic acids is 2. The summed E-state index contributed by atoms with van der Waals surface area (Å²) < 4.78 is 21.2. The summed E-state index contributed by atoms with van der Waals surface area (Å²) in [6.07, 6.45) is 1.43. The lowest BCUT2D eigenvalue weighted by Crippen LogP contribution is -2.28. The van der Waals surface area contributed by atoms with Crippen molar-refractivity contribution in [1.29, 1.82) is 0 Å². The first kappa shape index (κ1) is 21.3. The molecule has 1 aromatic rings. The third kappa shape index (κ3) is 5.40. The number of hydrogen-bond donors (Lipinski definition) is 0. The normalized spacial score (nSPS) is 11.6. The highest BCUT2D eigenvalue weighted by atomic mass is 16.6. The van der Waals surface area contributed by atoms with Crippen molar-refractivity contribution in [2.45, 2.75) is 26.4 Å². The average molecular weight is 365 g/mol. The van der Waals surface area contributed by atoms with Crippen LogP contribution in [-0.2, 0) is 9.53 Å². The van der Waals surface area contributed by atoms with Crippen molar-refractivity contribution < 1.29 is 28.5 Å². The molecule has 26 heavy (non-hydrogen) atoms. The molecule has 0 bridgehead atoms. The van der Waals surface area contributed by atoms with Crippen LogP contribution in [0.2, 0.25) is 0 Å². The van der Waals surface area contributed by atoms with Gasteiger partial charge in [-0.1, -0.05) is 0 Å². The molecule has 0 aliphatic heterocycles. The van der Waals surface area contributed by atoms with Crippen molar-refractivity contribution in [3.8, 4) is 17.2 Å². The van der Waals surface area contributed by atoms with Crippen LogP contribution in [0.25, 0.3) is 0 Å². The Balaban J connectivity index is 3.42. The summed E-state index contributed by atoms with van der Waals surface area (Å²) in [7, 11) is 7.81. The molecule has 1 rings (SSSR count). The maximum Gasteiger partial charge on any atom is 0.344 e. The number of hydrogen-bond acceptors (Lipinski definition) is 7. The summed E-state index contributed by atoms with van der Waals surface area (Å²) in [5, 5.41) is 0. The molecule has 0 saturated carbocycles. The van der Waals surface area contributed by atoms with E-state index >= 15 is 0 Å². The van der Waals surface area contributed by atoms with Gasteiger partial charge in [0.15, 0.2) is 11.5 Å². The second kappa shape index (κ2) is 8.60. The van der Waals surface area contributed by atoms with Crippen LogP contribution in [0.4, 0.5) is 0 Å². The van der Waals surface area contributed by atoms with E-state index in [1.54, 1.807) is 39.8 Å². The maximum absolute atomic E-state index is 13.0. The molecule has 0 spiro atoms. The molecule has 0 unspecified atom stereocenters. The minimum Gasteiger partial charge on any atom is -0.493 e. The lowest BCUT2D eigenvalue weighted by Gasteiger charge is -2.21. The number of Topliss-reactive ketones (excluding diaryl/α,β-unsaturated/α-hetero) is 1. The van der Waals surface area contributed by atoms with Crippen molar-refractivity contribution in [2.24, 2.45) is 0 Å². The molecule has 0 aliphatic rings. The Morgan fingerprint density at radius 3 is 1.81 bits per heavy atom. The molecule has 0 heterocycles. The molecular weight excluding hydrogens is 338 g/mol. The van der Waals surface area contributed by atoms with Gasteiger partial charge in [0.1, 0.15) is 11.2 Å². The van der Waals surface area contributed by atoms with Crippen LogP contribution < -0.4 is 14.2 Å². The Kier molecular flexibility index (Phi) is 7.06. The Morgan fingerprint density at radius 2 is 1.46 bits per heavy atom. The van der Waals surface area contributed by atoms with Crippen molar-refractivity contribution in [3.63, 3.8) is 0 Å². The first-order valence-electron chi connectivity index (χ1n) is 8.00. The summed E-state index contributed by atoms with van der Waals surface area (Å²) in [6, 6.07) is 3.00. The molecule has 0 fully saturated rings. The van der Waals surface area contributed by atoms with E-state index < -0.39 is 17.4 Å². The second-order valence-electron chi connectivity index (χ2n) is 6.75. The van der Waals surface area contributed by atoms with Gasteiger partial charge >= 0.3 is 5.97 Å². The van der Waals surface area contributed by atoms with Crippen molar-refractivity contribution in [1.82, 2.24) is 4.90 Å². The largest absolute Gasteiger partial charge is 0.493 e. The van der Waals surface area contributed by atoms with Gasteiger partial charge in [-0.25, -0.2) is 4.79 Å². The van der Waals surface area contributed by atoms with Gasteiger partial charge in [-0.2, -0.15) is 0 Å². The van der Waals surface area contributed by atoms with Crippen LogP contribution in [0, 0.1) is 0 Å². The highest BCUT2D eigenvalue weighted by Crippen LogP contribution is 2.38. The molecule has 0 N–H and O–H groups in total. The molecule has 0 aliphatic carbocycles. The predicted molar refractivity (Wildman–Crippen MR) is 98.0 cm³/mol. The van der Waals surface area contributed by atoms with E-state index in [1.165, 1.54) is 39.7 Å². The monoisotopic (exact) mass is 365 g/mol.